The van der Waals surface area contributed by atoms with E-state index in [0.29, 0.717) is 45.9 Å². The van der Waals surface area contributed by atoms with Crippen LogP contribution in [0.15, 0.2) is 52.1 Å². The van der Waals surface area contributed by atoms with E-state index in [2.05, 4.69) is 10.2 Å². The predicted octanol–water partition coefficient (Wildman–Crippen LogP) is 4.52. The van der Waals surface area contributed by atoms with Crippen molar-refractivity contribution in [3.8, 4) is 28.7 Å². The molecule has 0 spiro atoms. The minimum atomic E-state index is -0.331. The molecule has 0 amide bonds. The summed E-state index contributed by atoms with van der Waals surface area (Å²) in [6.45, 7) is 1.95. The van der Waals surface area contributed by atoms with E-state index in [9.17, 15) is 4.79 Å². The molecule has 0 fully saturated rings. The van der Waals surface area contributed by atoms with Crippen molar-refractivity contribution >= 4 is 17.5 Å². The Hall–Kier alpha value is -3.00. The summed E-state index contributed by atoms with van der Waals surface area (Å²) in [6, 6.07) is 12.4. The van der Waals surface area contributed by atoms with Crippen molar-refractivity contribution in [1.29, 1.82) is 0 Å². The summed E-state index contributed by atoms with van der Waals surface area (Å²) in [5.41, 5.74) is 1.32. The van der Waals surface area contributed by atoms with Crippen molar-refractivity contribution in [1.82, 2.24) is 10.2 Å². The first kappa shape index (κ1) is 20.7. The lowest BCUT2D eigenvalue weighted by atomic mass is 10.1. The molecule has 152 valence electrons. The number of ketones is 1. The van der Waals surface area contributed by atoms with Crippen LogP contribution < -0.4 is 14.2 Å². The second-order valence-electron chi connectivity index (χ2n) is 6.05. The third-order valence-corrected chi connectivity index (χ3v) is 5.52. The smallest absolute Gasteiger partial charge is 0.277 e. The van der Waals surface area contributed by atoms with Gasteiger partial charge >= 0.3 is 0 Å². The lowest BCUT2D eigenvalue weighted by Gasteiger charge is -2.11. The fraction of sp³-hybridized carbons (Fsp3) is 0.286. The summed E-state index contributed by atoms with van der Waals surface area (Å²) in [5.74, 6) is 2.24. The number of benzene rings is 2. The van der Waals surface area contributed by atoms with Gasteiger partial charge in [0.2, 0.25) is 5.89 Å². The maximum atomic E-state index is 12.8. The van der Waals surface area contributed by atoms with Crippen LogP contribution in [0.25, 0.3) is 11.5 Å². The van der Waals surface area contributed by atoms with Gasteiger partial charge in [-0.15, -0.1) is 10.2 Å². The average molecular weight is 414 g/mol. The summed E-state index contributed by atoms with van der Waals surface area (Å²) in [4.78, 5) is 12.8. The Morgan fingerprint density at radius 1 is 1.00 bits per heavy atom. The highest BCUT2D eigenvalue weighted by Gasteiger charge is 2.23. The molecule has 0 aliphatic rings. The third-order valence-electron chi connectivity index (χ3n) is 4.32. The zero-order valence-corrected chi connectivity index (χ0v) is 17.5. The lowest BCUT2D eigenvalue weighted by Crippen LogP contribution is -2.16. The molecule has 3 rings (SSSR count). The van der Waals surface area contributed by atoms with Crippen LogP contribution >= 0.6 is 11.8 Å². The van der Waals surface area contributed by atoms with Gasteiger partial charge in [-0.2, -0.15) is 0 Å². The molecule has 1 heterocycles. The van der Waals surface area contributed by atoms with Crippen LogP contribution in [0.1, 0.15) is 23.7 Å². The summed E-state index contributed by atoms with van der Waals surface area (Å²) >= 11 is 1.26. The van der Waals surface area contributed by atoms with Gasteiger partial charge in [-0.05, 0) is 48.9 Å². The Bertz CT molecular complexity index is 971. The topological polar surface area (TPSA) is 83.7 Å². The summed E-state index contributed by atoms with van der Waals surface area (Å²) in [5, 5.41) is 8.19. The molecule has 0 N–H and O–H groups in total. The molecule has 0 bridgehead atoms. The van der Waals surface area contributed by atoms with Crippen LogP contribution in [0.4, 0.5) is 0 Å². The van der Waals surface area contributed by atoms with Crippen LogP contribution in [-0.2, 0) is 0 Å². The first-order valence-electron chi connectivity index (χ1n) is 9.00. The van der Waals surface area contributed by atoms with E-state index >= 15 is 0 Å². The van der Waals surface area contributed by atoms with Crippen molar-refractivity contribution in [3.63, 3.8) is 0 Å². The Morgan fingerprint density at radius 2 is 1.72 bits per heavy atom. The highest BCUT2D eigenvalue weighted by molar-refractivity contribution is 8.00. The van der Waals surface area contributed by atoms with Gasteiger partial charge in [0.1, 0.15) is 5.75 Å². The van der Waals surface area contributed by atoms with Crippen molar-refractivity contribution in [2.24, 2.45) is 0 Å². The molecular weight excluding hydrogens is 392 g/mol. The third kappa shape index (κ3) is 4.71. The highest BCUT2D eigenvalue weighted by Crippen LogP contribution is 2.34. The van der Waals surface area contributed by atoms with E-state index < -0.39 is 0 Å². The summed E-state index contributed by atoms with van der Waals surface area (Å²) in [7, 11) is 4.73. The number of methoxy groups -OCH3 is 3. The molecule has 1 unspecified atom stereocenters. The Labute approximate surface area is 173 Å². The Morgan fingerprint density at radius 3 is 2.34 bits per heavy atom. The van der Waals surface area contributed by atoms with E-state index in [1.807, 2.05) is 13.0 Å². The van der Waals surface area contributed by atoms with Gasteiger partial charge < -0.3 is 18.6 Å². The van der Waals surface area contributed by atoms with Gasteiger partial charge in [-0.3, -0.25) is 4.79 Å². The number of hydrogen-bond donors (Lipinski definition) is 0. The fourth-order valence-corrected chi connectivity index (χ4v) is 3.60. The lowest BCUT2D eigenvalue weighted by molar-refractivity contribution is 0.0987. The zero-order valence-electron chi connectivity index (χ0n) is 16.7. The Kier molecular flexibility index (Phi) is 6.77. The monoisotopic (exact) mass is 414 g/mol. The van der Waals surface area contributed by atoms with E-state index in [1.54, 1.807) is 57.7 Å². The molecule has 8 heteroatoms. The molecule has 1 aromatic heterocycles. The van der Waals surface area contributed by atoms with Gasteiger partial charge in [0.25, 0.3) is 5.22 Å². The number of carbonyl (C=O) groups is 1. The van der Waals surface area contributed by atoms with Gasteiger partial charge in [0.05, 0.1) is 26.6 Å². The number of thioether (sulfide) groups is 1. The highest BCUT2D eigenvalue weighted by atomic mass is 32.2. The minimum Gasteiger partial charge on any atom is -0.497 e. The minimum absolute atomic E-state index is 0.00557. The van der Waals surface area contributed by atoms with Gasteiger partial charge in [0, 0.05) is 11.1 Å². The van der Waals surface area contributed by atoms with Gasteiger partial charge in [0.15, 0.2) is 17.3 Å². The molecule has 2 aromatic carbocycles. The van der Waals surface area contributed by atoms with Crippen LogP contribution in [0.2, 0.25) is 0 Å². The largest absolute Gasteiger partial charge is 0.497 e. The molecule has 0 aliphatic heterocycles. The molecule has 7 nitrogen and oxygen atoms in total. The molecule has 29 heavy (non-hydrogen) atoms. The first-order valence-corrected chi connectivity index (χ1v) is 9.88. The zero-order chi connectivity index (χ0) is 20.8. The summed E-state index contributed by atoms with van der Waals surface area (Å²) in [6.07, 6.45) is 0.629. The maximum Gasteiger partial charge on any atom is 0.277 e. The molecule has 1 atom stereocenters. The normalized spacial score (nSPS) is 11.7. The molecule has 0 saturated heterocycles. The van der Waals surface area contributed by atoms with Crippen LogP contribution in [-0.4, -0.2) is 42.6 Å². The number of ether oxygens (including phenoxy) is 3. The number of Topliss-reactive ketones (excluding diaryl/α,β-unsaturated/α-hetero) is 1. The average Bonchev–Trinajstić information content (AvgIpc) is 3.25. The standard InChI is InChI=1S/C21H22N2O5S/c1-5-18(19(24)13-6-9-15(25-2)10-7-13)29-21-23-22-20(28-21)14-8-11-16(26-3)17(12-14)27-4/h6-12,18H,5H2,1-4H3. The number of aromatic nitrogens is 2. The van der Waals surface area contributed by atoms with E-state index in [-0.39, 0.29) is 11.0 Å². The molecular formula is C21H22N2O5S. The van der Waals surface area contributed by atoms with Crippen molar-refractivity contribution in [2.75, 3.05) is 21.3 Å². The van der Waals surface area contributed by atoms with Crippen molar-refractivity contribution in [3.05, 3.63) is 48.0 Å². The number of carbonyl (C=O) groups excluding carboxylic acids is 1. The van der Waals surface area contributed by atoms with Gasteiger partial charge in [-0.1, -0.05) is 18.7 Å². The predicted molar refractivity (Wildman–Crippen MR) is 110 cm³/mol. The molecule has 0 aliphatic carbocycles. The van der Waals surface area contributed by atoms with Crippen molar-refractivity contribution in [2.45, 2.75) is 23.8 Å². The number of nitrogens with zero attached hydrogens (tertiary/aromatic N) is 2. The second kappa shape index (κ2) is 9.47. The van der Waals surface area contributed by atoms with Gasteiger partial charge in [-0.25, -0.2) is 0 Å². The summed E-state index contributed by atoms with van der Waals surface area (Å²) < 4.78 is 21.5. The molecule has 0 saturated carbocycles. The first-order chi connectivity index (χ1) is 14.1. The quantitative estimate of drug-likeness (QED) is 0.373. The SMILES string of the molecule is CCC(Sc1nnc(-c2ccc(OC)c(OC)c2)o1)C(=O)c1ccc(OC)cc1. The second-order valence-corrected chi connectivity index (χ2v) is 7.20. The van der Waals surface area contributed by atoms with Crippen LogP contribution in [0.5, 0.6) is 17.2 Å². The van der Waals surface area contributed by atoms with E-state index in [0.717, 1.165) is 0 Å². The fourth-order valence-electron chi connectivity index (χ4n) is 2.73. The van der Waals surface area contributed by atoms with Crippen molar-refractivity contribution < 1.29 is 23.4 Å². The van der Waals surface area contributed by atoms with E-state index in [4.69, 9.17) is 18.6 Å². The molecule has 0 radical (unpaired) electrons. The van der Waals surface area contributed by atoms with Crippen LogP contribution in [0.3, 0.4) is 0 Å². The Balaban J connectivity index is 1.76. The molecule has 3 aromatic rings. The van der Waals surface area contributed by atoms with Crippen LogP contribution in [0, 0.1) is 0 Å². The maximum absolute atomic E-state index is 12.8. The number of rotatable bonds is 9. The van der Waals surface area contributed by atoms with E-state index in [1.165, 1.54) is 11.8 Å². The number of hydrogen-bond acceptors (Lipinski definition) is 8.